The van der Waals surface area contributed by atoms with Gasteiger partial charge in [0.15, 0.2) is 5.78 Å². The van der Waals surface area contributed by atoms with Crippen LogP contribution in [0.15, 0.2) is 52.1 Å². The zero-order chi connectivity index (χ0) is 20.9. The van der Waals surface area contributed by atoms with E-state index in [2.05, 4.69) is 10.1 Å². The van der Waals surface area contributed by atoms with Crippen molar-refractivity contribution in [1.29, 1.82) is 0 Å². The van der Waals surface area contributed by atoms with Gasteiger partial charge in [0.05, 0.1) is 16.6 Å². The van der Waals surface area contributed by atoms with Crippen LogP contribution in [-0.2, 0) is 7.05 Å². The summed E-state index contributed by atoms with van der Waals surface area (Å²) in [5, 5.41) is 2.94. The molecular formula is C21H17FN4O3. The number of fused-ring (bicyclic) bond motifs is 1. The number of H-pyrrole nitrogens is 1. The highest BCUT2D eigenvalue weighted by molar-refractivity contribution is 6.10. The minimum atomic E-state index is -0.558. The van der Waals surface area contributed by atoms with E-state index in [1.165, 1.54) is 46.6 Å². The molecule has 8 heteroatoms. The van der Waals surface area contributed by atoms with Crippen LogP contribution in [0.3, 0.4) is 0 Å². The Kier molecular flexibility index (Phi) is 4.26. The van der Waals surface area contributed by atoms with E-state index in [4.69, 9.17) is 0 Å². The fraction of sp³-hybridized carbons (Fsp3) is 0.143. The average Bonchev–Trinajstić information content (AvgIpc) is 2.94. The van der Waals surface area contributed by atoms with Gasteiger partial charge in [0, 0.05) is 18.3 Å². The first-order valence-electron chi connectivity index (χ1n) is 8.88. The van der Waals surface area contributed by atoms with Crippen molar-refractivity contribution in [2.24, 2.45) is 7.05 Å². The van der Waals surface area contributed by atoms with Gasteiger partial charge in [-0.1, -0.05) is 12.1 Å². The van der Waals surface area contributed by atoms with E-state index in [-0.39, 0.29) is 22.2 Å². The van der Waals surface area contributed by atoms with Crippen molar-refractivity contribution < 1.29 is 9.18 Å². The molecule has 2 aromatic carbocycles. The predicted octanol–water partition coefficient (Wildman–Crippen LogP) is 2.40. The summed E-state index contributed by atoms with van der Waals surface area (Å²) in [6, 6.07) is 10.4. The number of aromatic nitrogens is 4. The van der Waals surface area contributed by atoms with Gasteiger partial charge in [0.25, 0.3) is 11.1 Å². The monoisotopic (exact) mass is 392 g/mol. The van der Waals surface area contributed by atoms with E-state index in [9.17, 15) is 18.8 Å². The number of carbonyl (C=O) groups excluding carboxylic acids is 1. The van der Waals surface area contributed by atoms with Crippen molar-refractivity contribution in [2.45, 2.75) is 13.8 Å². The third-order valence-corrected chi connectivity index (χ3v) is 4.85. The Morgan fingerprint density at radius 1 is 1.07 bits per heavy atom. The molecule has 29 heavy (non-hydrogen) atoms. The predicted molar refractivity (Wildman–Crippen MR) is 106 cm³/mol. The lowest BCUT2D eigenvalue weighted by molar-refractivity contribution is 0.103. The summed E-state index contributed by atoms with van der Waals surface area (Å²) in [7, 11) is 1.52. The van der Waals surface area contributed by atoms with Crippen molar-refractivity contribution in [3.63, 3.8) is 0 Å². The Hall–Kier alpha value is -3.81. The second-order valence-electron chi connectivity index (χ2n) is 6.79. The maximum Gasteiger partial charge on any atom is 0.277 e. The second kappa shape index (κ2) is 6.66. The van der Waals surface area contributed by atoms with Gasteiger partial charge in [0.2, 0.25) is 0 Å². The van der Waals surface area contributed by atoms with Crippen LogP contribution in [0.4, 0.5) is 4.39 Å². The van der Waals surface area contributed by atoms with Gasteiger partial charge in [-0.2, -0.15) is 0 Å². The lowest BCUT2D eigenvalue weighted by Gasteiger charge is -2.12. The van der Waals surface area contributed by atoms with Gasteiger partial charge in [-0.05, 0) is 44.2 Å². The molecule has 4 rings (SSSR count). The summed E-state index contributed by atoms with van der Waals surface area (Å²) in [5.41, 5.74) is 0.158. The number of ketones is 1. The van der Waals surface area contributed by atoms with Crippen LogP contribution in [0, 0.1) is 19.7 Å². The van der Waals surface area contributed by atoms with E-state index in [0.717, 1.165) is 0 Å². The first-order chi connectivity index (χ1) is 13.8. The molecule has 0 unspecified atom stereocenters. The van der Waals surface area contributed by atoms with Gasteiger partial charge in [-0.3, -0.25) is 28.7 Å². The lowest BCUT2D eigenvalue weighted by atomic mass is 10.0. The molecule has 0 aliphatic carbocycles. The standard InChI is InChI=1S/C21H17FN4O3/c1-11-18(21(29)25(3)24-11)19(27)13-8-9-16-14(10-13)20(28)26(12(2)23-16)17-7-5-4-6-15(17)22/h4-10,24H,1-3H3. The molecule has 146 valence electrons. The van der Waals surface area contributed by atoms with Crippen LogP contribution in [-0.4, -0.2) is 25.1 Å². The number of para-hydroxylation sites is 1. The van der Waals surface area contributed by atoms with E-state index >= 15 is 0 Å². The smallest absolute Gasteiger partial charge is 0.277 e. The van der Waals surface area contributed by atoms with Gasteiger partial charge in [0.1, 0.15) is 17.2 Å². The minimum absolute atomic E-state index is 0.0151. The van der Waals surface area contributed by atoms with Crippen molar-refractivity contribution in [3.05, 3.63) is 91.6 Å². The number of benzene rings is 2. The number of halogens is 1. The molecule has 0 radical (unpaired) electrons. The Bertz CT molecular complexity index is 1410. The van der Waals surface area contributed by atoms with Crippen LogP contribution >= 0.6 is 0 Å². The van der Waals surface area contributed by atoms with Crippen LogP contribution < -0.4 is 11.1 Å². The molecule has 0 aliphatic rings. The average molecular weight is 392 g/mol. The number of hydrogen-bond donors (Lipinski definition) is 1. The summed E-state index contributed by atoms with van der Waals surface area (Å²) in [6.45, 7) is 3.24. The maximum absolute atomic E-state index is 14.3. The number of aromatic amines is 1. The highest BCUT2D eigenvalue weighted by atomic mass is 19.1. The van der Waals surface area contributed by atoms with Gasteiger partial charge in [-0.15, -0.1) is 0 Å². The fourth-order valence-corrected chi connectivity index (χ4v) is 3.45. The Morgan fingerprint density at radius 2 is 1.79 bits per heavy atom. The summed E-state index contributed by atoms with van der Waals surface area (Å²) in [4.78, 5) is 42.7. The molecule has 0 bridgehead atoms. The van der Waals surface area contributed by atoms with Crippen molar-refractivity contribution in [3.8, 4) is 5.69 Å². The summed E-state index contributed by atoms with van der Waals surface area (Å²) < 4.78 is 16.7. The quantitative estimate of drug-likeness (QED) is 0.542. The maximum atomic E-state index is 14.3. The first-order valence-corrected chi connectivity index (χ1v) is 8.88. The first kappa shape index (κ1) is 18.5. The molecule has 0 saturated heterocycles. The highest BCUT2D eigenvalue weighted by Gasteiger charge is 2.21. The molecule has 1 N–H and O–H groups in total. The molecule has 0 amide bonds. The van der Waals surface area contributed by atoms with Gasteiger partial charge in [-0.25, -0.2) is 9.37 Å². The number of nitrogens with one attached hydrogen (secondary N) is 1. The Labute approximate surface area is 164 Å². The number of hydrogen-bond acceptors (Lipinski definition) is 4. The third-order valence-electron chi connectivity index (χ3n) is 4.85. The molecule has 2 aromatic heterocycles. The minimum Gasteiger partial charge on any atom is -0.299 e. The van der Waals surface area contributed by atoms with E-state index in [0.29, 0.717) is 17.0 Å². The number of nitrogens with zero attached hydrogens (tertiary/aromatic N) is 3. The van der Waals surface area contributed by atoms with E-state index in [1.807, 2.05) is 0 Å². The molecule has 0 atom stereocenters. The molecule has 0 spiro atoms. The van der Waals surface area contributed by atoms with Gasteiger partial charge < -0.3 is 0 Å². The third kappa shape index (κ3) is 2.89. The molecule has 7 nitrogen and oxygen atoms in total. The topological polar surface area (TPSA) is 89.8 Å². The van der Waals surface area contributed by atoms with Crippen molar-refractivity contribution in [2.75, 3.05) is 0 Å². The van der Waals surface area contributed by atoms with Crippen LogP contribution in [0.1, 0.15) is 27.4 Å². The number of rotatable bonds is 3. The lowest BCUT2D eigenvalue weighted by Crippen LogP contribution is -2.24. The summed E-state index contributed by atoms with van der Waals surface area (Å²) >= 11 is 0. The zero-order valence-corrected chi connectivity index (χ0v) is 16.0. The SMILES string of the molecule is Cc1[nH]n(C)c(=O)c1C(=O)c1ccc2nc(C)n(-c3ccccc3F)c(=O)c2c1. The Morgan fingerprint density at radius 3 is 2.45 bits per heavy atom. The zero-order valence-electron chi connectivity index (χ0n) is 16.0. The molecule has 0 saturated carbocycles. The van der Waals surface area contributed by atoms with E-state index in [1.54, 1.807) is 26.0 Å². The number of carbonyl (C=O) groups is 1. The summed E-state index contributed by atoms with van der Waals surface area (Å²) in [5.74, 6) is -0.733. The summed E-state index contributed by atoms with van der Waals surface area (Å²) in [6.07, 6.45) is 0. The molecule has 2 heterocycles. The molecule has 0 fully saturated rings. The van der Waals surface area contributed by atoms with Crippen LogP contribution in [0.25, 0.3) is 16.6 Å². The van der Waals surface area contributed by atoms with Crippen LogP contribution in [0.5, 0.6) is 0 Å². The highest BCUT2D eigenvalue weighted by Crippen LogP contribution is 2.18. The second-order valence-corrected chi connectivity index (χ2v) is 6.79. The Balaban J connectivity index is 1.95. The molecule has 4 aromatic rings. The fourth-order valence-electron chi connectivity index (χ4n) is 3.45. The molecular weight excluding hydrogens is 375 g/mol. The number of aryl methyl sites for hydroxylation is 3. The van der Waals surface area contributed by atoms with Crippen molar-refractivity contribution in [1.82, 2.24) is 19.3 Å². The van der Waals surface area contributed by atoms with Crippen LogP contribution in [0.2, 0.25) is 0 Å². The molecule has 0 aliphatic heterocycles. The van der Waals surface area contributed by atoms with Gasteiger partial charge >= 0.3 is 0 Å². The van der Waals surface area contributed by atoms with E-state index < -0.39 is 22.7 Å². The largest absolute Gasteiger partial charge is 0.299 e. The van der Waals surface area contributed by atoms with Crippen molar-refractivity contribution >= 4 is 16.7 Å². The normalized spacial score (nSPS) is 11.2.